The number of morpholine rings is 1. The molecule has 5 nitrogen and oxygen atoms in total. The highest BCUT2D eigenvalue weighted by atomic mass is 16.5. The molecule has 1 N–H and O–H groups in total. The number of amides is 1. The van der Waals surface area contributed by atoms with Crippen LogP contribution in [0.5, 0.6) is 0 Å². The van der Waals surface area contributed by atoms with Gasteiger partial charge in [-0.3, -0.25) is 9.69 Å². The second-order valence-electron chi connectivity index (χ2n) is 7.36. The second kappa shape index (κ2) is 8.79. The first-order valence-corrected chi connectivity index (χ1v) is 9.43. The van der Waals surface area contributed by atoms with Crippen LogP contribution >= 0.6 is 0 Å². The molecule has 1 amide bonds. The van der Waals surface area contributed by atoms with Gasteiger partial charge in [0.2, 0.25) is 0 Å². The summed E-state index contributed by atoms with van der Waals surface area (Å²) in [7, 11) is 0. The average molecular weight is 346 g/mol. The first-order valence-electron chi connectivity index (χ1n) is 9.43. The molecule has 1 aromatic carbocycles. The van der Waals surface area contributed by atoms with E-state index in [2.05, 4.69) is 30.1 Å². The Balaban J connectivity index is 1.59. The minimum absolute atomic E-state index is 0.0136. The third-order valence-electron chi connectivity index (χ3n) is 5.31. The van der Waals surface area contributed by atoms with E-state index in [0.29, 0.717) is 24.4 Å². The van der Waals surface area contributed by atoms with Gasteiger partial charge in [0.25, 0.3) is 5.91 Å². The Kier molecular flexibility index (Phi) is 6.45. The molecule has 2 unspecified atom stereocenters. The molecule has 5 heteroatoms. The van der Waals surface area contributed by atoms with Crippen molar-refractivity contribution in [3.63, 3.8) is 0 Å². The number of benzene rings is 1. The van der Waals surface area contributed by atoms with E-state index in [0.717, 1.165) is 51.5 Å². The fourth-order valence-corrected chi connectivity index (χ4v) is 3.73. The normalized spacial score (nSPS) is 22.9. The Morgan fingerprint density at radius 2 is 2.04 bits per heavy atom. The fraction of sp³-hybridized carbons (Fsp3) is 0.650. The van der Waals surface area contributed by atoms with E-state index < -0.39 is 0 Å². The van der Waals surface area contributed by atoms with E-state index in [1.165, 1.54) is 5.56 Å². The van der Waals surface area contributed by atoms with Crippen molar-refractivity contribution in [2.24, 2.45) is 5.92 Å². The molecular weight excluding hydrogens is 316 g/mol. The van der Waals surface area contributed by atoms with Crippen LogP contribution in [0.15, 0.2) is 24.3 Å². The van der Waals surface area contributed by atoms with Crippen molar-refractivity contribution in [1.82, 2.24) is 10.2 Å². The van der Waals surface area contributed by atoms with E-state index in [1.54, 1.807) is 0 Å². The fourth-order valence-electron chi connectivity index (χ4n) is 3.73. The van der Waals surface area contributed by atoms with Crippen molar-refractivity contribution >= 4 is 5.91 Å². The molecule has 0 radical (unpaired) electrons. The second-order valence-corrected chi connectivity index (χ2v) is 7.36. The summed E-state index contributed by atoms with van der Waals surface area (Å²) in [4.78, 5) is 15.1. The van der Waals surface area contributed by atoms with E-state index in [-0.39, 0.29) is 5.91 Å². The van der Waals surface area contributed by atoms with Gasteiger partial charge in [0, 0.05) is 43.8 Å². The molecule has 2 saturated heterocycles. The molecule has 0 saturated carbocycles. The number of hydrogen-bond donors (Lipinski definition) is 1. The van der Waals surface area contributed by atoms with E-state index in [4.69, 9.17) is 9.47 Å². The zero-order chi connectivity index (χ0) is 17.6. The van der Waals surface area contributed by atoms with Gasteiger partial charge < -0.3 is 14.8 Å². The first-order chi connectivity index (χ1) is 12.1. The molecular formula is C20H30N2O3. The molecule has 3 rings (SSSR count). The van der Waals surface area contributed by atoms with Crippen LogP contribution in [0.25, 0.3) is 0 Å². The lowest BCUT2D eigenvalue weighted by molar-refractivity contribution is 0.00672. The monoisotopic (exact) mass is 346 g/mol. The Bertz CT molecular complexity index is 564. The van der Waals surface area contributed by atoms with Gasteiger partial charge >= 0.3 is 0 Å². The highest BCUT2D eigenvalue weighted by molar-refractivity contribution is 5.94. The van der Waals surface area contributed by atoms with Crippen molar-refractivity contribution < 1.29 is 14.3 Å². The molecule has 138 valence electrons. The summed E-state index contributed by atoms with van der Waals surface area (Å²) in [6, 6.07) is 8.34. The van der Waals surface area contributed by atoms with Crippen LogP contribution in [-0.2, 0) is 9.47 Å². The maximum Gasteiger partial charge on any atom is 0.251 e. The van der Waals surface area contributed by atoms with E-state index in [9.17, 15) is 4.79 Å². The van der Waals surface area contributed by atoms with Crippen molar-refractivity contribution in [1.29, 1.82) is 0 Å². The maximum absolute atomic E-state index is 12.6. The summed E-state index contributed by atoms with van der Waals surface area (Å²) in [5, 5.41) is 3.14. The van der Waals surface area contributed by atoms with Crippen LogP contribution in [0, 0.1) is 5.92 Å². The molecule has 2 aliphatic rings. The summed E-state index contributed by atoms with van der Waals surface area (Å²) in [5.74, 6) is 0.921. The summed E-state index contributed by atoms with van der Waals surface area (Å²) in [6.07, 6.45) is 1.04. The van der Waals surface area contributed by atoms with Crippen LogP contribution < -0.4 is 5.32 Å². The Morgan fingerprint density at radius 1 is 1.24 bits per heavy atom. The number of nitrogens with one attached hydrogen (secondary N) is 1. The average Bonchev–Trinajstić information content (AvgIpc) is 3.17. The van der Waals surface area contributed by atoms with Gasteiger partial charge in [-0.1, -0.05) is 26.0 Å². The SMILES string of the molecule is CC(C)C(CNC(=O)c1cccc(C2CCOC2)c1)N1CCOCC1. The van der Waals surface area contributed by atoms with Crippen LogP contribution in [0.3, 0.4) is 0 Å². The highest BCUT2D eigenvalue weighted by Crippen LogP contribution is 2.25. The van der Waals surface area contributed by atoms with Crippen molar-refractivity contribution in [2.75, 3.05) is 46.1 Å². The summed E-state index contributed by atoms with van der Waals surface area (Å²) in [6.45, 7) is 10.1. The van der Waals surface area contributed by atoms with Crippen LogP contribution in [0.1, 0.15) is 42.1 Å². The quantitative estimate of drug-likeness (QED) is 0.859. The maximum atomic E-state index is 12.6. The van der Waals surface area contributed by atoms with Crippen molar-refractivity contribution in [3.8, 4) is 0 Å². The molecule has 25 heavy (non-hydrogen) atoms. The summed E-state index contributed by atoms with van der Waals surface area (Å²) >= 11 is 0. The third kappa shape index (κ3) is 4.81. The Hall–Kier alpha value is -1.43. The molecule has 0 spiro atoms. The van der Waals surface area contributed by atoms with Gasteiger partial charge in [-0.15, -0.1) is 0 Å². The zero-order valence-electron chi connectivity index (χ0n) is 15.4. The Morgan fingerprint density at radius 3 is 2.72 bits per heavy atom. The lowest BCUT2D eigenvalue weighted by Crippen LogP contribution is -2.51. The van der Waals surface area contributed by atoms with Crippen LogP contribution in [0.2, 0.25) is 0 Å². The lowest BCUT2D eigenvalue weighted by Gasteiger charge is -2.36. The Labute approximate surface area is 150 Å². The molecule has 0 aliphatic carbocycles. The predicted octanol–water partition coefficient (Wildman–Crippen LogP) is 2.28. The predicted molar refractivity (Wildman–Crippen MR) is 98.0 cm³/mol. The lowest BCUT2D eigenvalue weighted by atomic mass is 9.96. The number of rotatable bonds is 6. The standard InChI is InChI=1S/C20H30N2O3/c1-15(2)19(22-7-10-24-11-8-22)13-21-20(23)17-5-3-4-16(12-17)18-6-9-25-14-18/h3-5,12,15,18-19H,6-11,13-14H2,1-2H3,(H,21,23). The molecule has 2 aliphatic heterocycles. The number of nitrogens with zero attached hydrogens (tertiary/aromatic N) is 1. The molecule has 0 bridgehead atoms. The smallest absolute Gasteiger partial charge is 0.251 e. The van der Waals surface area contributed by atoms with Gasteiger partial charge in [-0.05, 0) is 30.0 Å². The van der Waals surface area contributed by atoms with E-state index in [1.807, 2.05) is 18.2 Å². The topological polar surface area (TPSA) is 50.8 Å². The van der Waals surface area contributed by atoms with Gasteiger partial charge in [0.05, 0.1) is 19.8 Å². The molecule has 1 aromatic rings. The van der Waals surface area contributed by atoms with Crippen LogP contribution in [0.4, 0.5) is 0 Å². The first kappa shape index (κ1) is 18.4. The van der Waals surface area contributed by atoms with Gasteiger partial charge in [-0.25, -0.2) is 0 Å². The van der Waals surface area contributed by atoms with Crippen molar-refractivity contribution in [2.45, 2.75) is 32.2 Å². The van der Waals surface area contributed by atoms with Gasteiger partial charge in [-0.2, -0.15) is 0 Å². The minimum atomic E-state index is 0.0136. The molecule has 0 aromatic heterocycles. The number of carbonyl (C=O) groups is 1. The summed E-state index contributed by atoms with van der Waals surface area (Å²) in [5.41, 5.74) is 1.95. The van der Waals surface area contributed by atoms with E-state index >= 15 is 0 Å². The number of ether oxygens (including phenoxy) is 2. The molecule has 2 fully saturated rings. The molecule has 2 heterocycles. The largest absolute Gasteiger partial charge is 0.381 e. The molecule has 2 atom stereocenters. The van der Waals surface area contributed by atoms with Gasteiger partial charge in [0.15, 0.2) is 0 Å². The number of carbonyl (C=O) groups excluding carboxylic acids is 1. The summed E-state index contributed by atoms with van der Waals surface area (Å²) < 4.78 is 10.9. The minimum Gasteiger partial charge on any atom is -0.381 e. The number of hydrogen-bond acceptors (Lipinski definition) is 4. The highest BCUT2D eigenvalue weighted by Gasteiger charge is 2.24. The van der Waals surface area contributed by atoms with Crippen molar-refractivity contribution in [3.05, 3.63) is 35.4 Å². The third-order valence-corrected chi connectivity index (χ3v) is 5.31. The van der Waals surface area contributed by atoms with Crippen LogP contribution in [-0.4, -0.2) is 62.9 Å². The zero-order valence-corrected chi connectivity index (χ0v) is 15.4. The van der Waals surface area contributed by atoms with Gasteiger partial charge in [0.1, 0.15) is 0 Å².